The molecule has 0 aliphatic carbocycles. The number of nitrogens with zero attached hydrogens (tertiary/aromatic N) is 1. The maximum atomic E-state index is 9.69. The third kappa shape index (κ3) is 2.68. The van der Waals surface area contributed by atoms with Gasteiger partial charge in [0.25, 0.3) is 0 Å². The fraction of sp³-hybridized carbons (Fsp3) is 0.333. The summed E-state index contributed by atoms with van der Waals surface area (Å²) in [5, 5.41) is 19.4. The van der Waals surface area contributed by atoms with Crippen LogP contribution in [0.2, 0.25) is 0 Å². The van der Waals surface area contributed by atoms with Crippen LogP contribution in [0.1, 0.15) is 36.1 Å². The van der Waals surface area contributed by atoms with Gasteiger partial charge < -0.3 is 15.1 Å². The Hall–Kier alpha value is -2.16. The van der Waals surface area contributed by atoms with Crippen molar-refractivity contribution in [3.05, 3.63) is 53.1 Å². The van der Waals surface area contributed by atoms with E-state index in [1.807, 2.05) is 0 Å². The number of phenols is 2. The number of rotatable bonds is 2. The molecule has 0 radical (unpaired) electrons. The van der Waals surface area contributed by atoms with Gasteiger partial charge in [-0.2, -0.15) is 0 Å². The zero-order chi connectivity index (χ0) is 15.0. The Labute approximate surface area is 125 Å². The average Bonchev–Trinajstić information content (AvgIpc) is 2.44. The molecule has 0 amide bonds. The highest BCUT2D eigenvalue weighted by atomic mass is 16.3. The quantitative estimate of drug-likeness (QED) is 0.878. The zero-order valence-electron chi connectivity index (χ0n) is 12.5. The molecule has 3 heteroatoms. The number of hydrogen-bond donors (Lipinski definition) is 2. The number of anilines is 1. The molecular formula is C18H21NO2. The van der Waals surface area contributed by atoms with Crippen molar-refractivity contribution in [3.8, 4) is 11.5 Å². The second kappa shape index (κ2) is 5.32. The molecule has 0 saturated heterocycles. The first kappa shape index (κ1) is 13.8. The third-order valence-electron chi connectivity index (χ3n) is 4.26. The van der Waals surface area contributed by atoms with Gasteiger partial charge in [0, 0.05) is 18.3 Å². The van der Waals surface area contributed by atoms with Crippen LogP contribution in [0.15, 0.2) is 36.4 Å². The summed E-state index contributed by atoms with van der Waals surface area (Å²) >= 11 is 0. The lowest BCUT2D eigenvalue weighted by Crippen LogP contribution is -2.32. The summed E-state index contributed by atoms with van der Waals surface area (Å²) in [5.74, 6) is 0.218. The van der Waals surface area contributed by atoms with Crippen molar-refractivity contribution in [2.24, 2.45) is 0 Å². The Morgan fingerprint density at radius 1 is 1.05 bits per heavy atom. The number of hydrogen-bond acceptors (Lipinski definition) is 3. The number of benzene rings is 2. The van der Waals surface area contributed by atoms with Gasteiger partial charge in [0.05, 0.1) is 6.04 Å². The lowest BCUT2D eigenvalue weighted by Gasteiger charge is -2.36. The van der Waals surface area contributed by atoms with E-state index in [0.29, 0.717) is 0 Å². The minimum Gasteiger partial charge on any atom is -0.508 e. The Morgan fingerprint density at radius 2 is 1.76 bits per heavy atom. The van der Waals surface area contributed by atoms with E-state index in [0.717, 1.165) is 24.9 Å². The lowest BCUT2D eigenvalue weighted by atomic mass is 9.96. The summed E-state index contributed by atoms with van der Waals surface area (Å²) in [6, 6.07) is 11.5. The SMILES string of the molecule is Cc1ccc2c(c1)CCCN2C(C)c1cc(O)cc(O)c1. The van der Waals surface area contributed by atoms with Crippen LogP contribution in [-0.4, -0.2) is 16.8 Å². The van der Waals surface area contributed by atoms with Crippen LogP contribution >= 0.6 is 0 Å². The molecule has 0 fully saturated rings. The standard InChI is InChI=1S/C18H21NO2/c1-12-5-6-18-14(8-12)4-3-7-19(18)13(2)15-9-16(20)11-17(21)10-15/h5-6,8-11,13,20-21H,3-4,7H2,1-2H3. The van der Waals surface area contributed by atoms with Crippen molar-refractivity contribution in [1.29, 1.82) is 0 Å². The van der Waals surface area contributed by atoms with Crippen molar-refractivity contribution in [1.82, 2.24) is 0 Å². The van der Waals surface area contributed by atoms with E-state index in [1.165, 1.54) is 22.9 Å². The van der Waals surface area contributed by atoms with Crippen LogP contribution in [0.3, 0.4) is 0 Å². The summed E-state index contributed by atoms with van der Waals surface area (Å²) < 4.78 is 0. The van der Waals surface area contributed by atoms with Gasteiger partial charge in [-0.25, -0.2) is 0 Å². The lowest BCUT2D eigenvalue weighted by molar-refractivity contribution is 0.447. The number of aryl methyl sites for hydroxylation is 2. The summed E-state index contributed by atoms with van der Waals surface area (Å²) in [7, 11) is 0. The summed E-state index contributed by atoms with van der Waals surface area (Å²) in [6.07, 6.45) is 2.25. The first-order valence-electron chi connectivity index (χ1n) is 7.43. The Balaban J connectivity index is 1.98. The summed E-state index contributed by atoms with van der Waals surface area (Å²) in [6.45, 7) is 5.23. The fourth-order valence-corrected chi connectivity index (χ4v) is 3.20. The maximum Gasteiger partial charge on any atom is 0.119 e. The zero-order valence-corrected chi connectivity index (χ0v) is 12.5. The molecule has 21 heavy (non-hydrogen) atoms. The fourth-order valence-electron chi connectivity index (χ4n) is 3.20. The molecule has 2 N–H and O–H groups in total. The van der Waals surface area contributed by atoms with Crippen molar-refractivity contribution in [3.63, 3.8) is 0 Å². The molecule has 1 aliphatic heterocycles. The minimum atomic E-state index is 0.109. The first-order valence-corrected chi connectivity index (χ1v) is 7.43. The molecule has 0 spiro atoms. The third-order valence-corrected chi connectivity index (χ3v) is 4.26. The van der Waals surface area contributed by atoms with E-state index in [2.05, 4.69) is 36.9 Å². The molecule has 1 atom stereocenters. The normalized spacial score (nSPS) is 15.6. The molecule has 0 aromatic heterocycles. The van der Waals surface area contributed by atoms with Crippen LogP contribution in [0, 0.1) is 6.92 Å². The summed E-state index contributed by atoms with van der Waals surface area (Å²) in [5.41, 5.74) is 4.87. The molecule has 2 aromatic carbocycles. The highest BCUT2D eigenvalue weighted by Gasteiger charge is 2.23. The van der Waals surface area contributed by atoms with Gasteiger partial charge in [0.15, 0.2) is 0 Å². The van der Waals surface area contributed by atoms with E-state index >= 15 is 0 Å². The molecule has 3 rings (SSSR count). The van der Waals surface area contributed by atoms with Gasteiger partial charge in [0.1, 0.15) is 11.5 Å². The molecule has 3 nitrogen and oxygen atoms in total. The molecule has 2 aromatic rings. The Morgan fingerprint density at radius 3 is 2.48 bits per heavy atom. The van der Waals surface area contributed by atoms with Crippen LogP contribution < -0.4 is 4.90 Å². The number of phenolic OH excluding ortho intramolecular Hbond substituents is 2. The Kier molecular flexibility index (Phi) is 3.50. The van der Waals surface area contributed by atoms with Crippen LogP contribution in [0.4, 0.5) is 5.69 Å². The van der Waals surface area contributed by atoms with Gasteiger partial charge in [-0.15, -0.1) is 0 Å². The van der Waals surface area contributed by atoms with Gasteiger partial charge in [0.2, 0.25) is 0 Å². The van der Waals surface area contributed by atoms with Crippen molar-refractivity contribution in [2.45, 2.75) is 32.7 Å². The molecule has 1 heterocycles. The van der Waals surface area contributed by atoms with E-state index < -0.39 is 0 Å². The largest absolute Gasteiger partial charge is 0.508 e. The molecular weight excluding hydrogens is 262 g/mol. The van der Waals surface area contributed by atoms with Gasteiger partial charge in [-0.1, -0.05) is 17.7 Å². The minimum absolute atomic E-state index is 0.109. The van der Waals surface area contributed by atoms with Crippen molar-refractivity contribution >= 4 is 5.69 Å². The molecule has 1 aliphatic rings. The highest BCUT2D eigenvalue weighted by molar-refractivity contribution is 5.58. The molecule has 110 valence electrons. The Bertz CT molecular complexity index is 646. The van der Waals surface area contributed by atoms with Crippen LogP contribution in [-0.2, 0) is 6.42 Å². The predicted octanol–water partition coefficient (Wildman–Crippen LogP) is 3.92. The molecule has 0 saturated carbocycles. The van der Waals surface area contributed by atoms with Crippen LogP contribution in [0.5, 0.6) is 11.5 Å². The second-order valence-corrected chi connectivity index (χ2v) is 5.89. The molecule has 0 bridgehead atoms. The predicted molar refractivity (Wildman–Crippen MR) is 85.0 cm³/mol. The van der Waals surface area contributed by atoms with Gasteiger partial charge in [-0.3, -0.25) is 0 Å². The van der Waals surface area contributed by atoms with Gasteiger partial charge >= 0.3 is 0 Å². The van der Waals surface area contributed by atoms with Crippen molar-refractivity contribution < 1.29 is 10.2 Å². The molecule has 1 unspecified atom stereocenters. The van der Waals surface area contributed by atoms with Crippen molar-refractivity contribution in [2.75, 3.05) is 11.4 Å². The van der Waals surface area contributed by atoms with Gasteiger partial charge in [-0.05, 0) is 56.0 Å². The average molecular weight is 283 g/mol. The maximum absolute atomic E-state index is 9.69. The topological polar surface area (TPSA) is 43.7 Å². The highest BCUT2D eigenvalue weighted by Crippen LogP contribution is 2.36. The van der Waals surface area contributed by atoms with Crippen LogP contribution in [0.25, 0.3) is 0 Å². The van der Waals surface area contributed by atoms with E-state index in [4.69, 9.17) is 0 Å². The van der Waals surface area contributed by atoms with E-state index in [9.17, 15) is 10.2 Å². The number of aromatic hydroxyl groups is 2. The second-order valence-electron chi connectivity index (χ2n) is 5.89. The van der Waals surface area contributed by atoms with E-state index in [1.54, 1.807) is 12.1 Å². The smallest absolute Gasteiger partial charge is 0.119 e. The van der Waals surface area contributed by atoms with E-state index in [-0.39, 0.29) is 17.5 Å². The monoisotopic (exact) mass is 283 g/mol. The number of fused-ring (bicyclic) bond motifs is 1. The summed E-state index contributed by atoms with van der Waals surface area (Å²) in [4.78, 5) is 2.35. The first-order chi connectivity index (χ1) is 10.0.